The van der Waals surface area contributed by atoms with E-state index in [4.69, 9.17) is 18.9 Å². The second-order valence-electron chi connectivity index (χ2n) is 15.2. The van der Waals surface area contributed by atoms with Gasteiger partial charge in [0.15, 0.2) is 12.4 Å². The lowest BCUT2D eigenvalue weighted by Crippen LogP contribution is -2.59. The van der Waals surface area contributed by atoms with Gasteiger partial charge in [-0.1, -0.05) is 154 Å². The monoisotopic (exact) mass is 757 g/mol. The van der Waals surface area contributed by atoms with Crippen LogP contribution in [0.1, 0.15) is 194 Å². The van der Waals surface area contributed by atoms with E-state index in [1.807, 2.05) is 0 Å². The summed E-state index contributed by atoms with van der Waals surface area (Å²) in [6.45, 7) is 3.41. The Hall–Kier alpha value is -1.56. The van der Waals surface area contributed by atoms with Crippen molar-refractivity contribution in [3.63, 3.8) is 0 Å². The Kier molecular flexibility index (Phi) is 32.6. The van der Waals surface area contributed by atoms with Crippen LogP contribution in [0.3, 0.4) is 0 Å². The highest BCUT2D eigenvalue weighted by atomic mass is 16.7. The summed E-state index contributed by atoms with van der Waals surface area (Å²) in [5.41, 5.74) is 0. The summed E-state index contributed by atoms with van der Waals surface area (Å²) in [6, 6.07) is 0. The predicted octanol–water partition coefficient (Wildman–Crippen LogP) is 8.78. The van der Waals surface area contributed by atoms with Gasteiger partial charge in [-0.15, -0.1) is 0 Å². The van der Waals surface area contributed by atoms with Crippen LogP contribution in [-0.2, 0) is 28.5 Å². The van der Waals surface area contributed by atoms with Crippen LogP contribution < -0.4 is 0 Å². The lowest BCUT2D eigenvalue weighted by molar-refractivity contribution is -0.305. The van der Waals surface area contributed by atoms with Gasteiger partial charge in [-0.2, -0.15) is 0 Å². The highest BCUT2D eigenvalue weighted by Crippen LogP contribution is 2.23. The van der Waals surface area contributed by atoms with Crippen molar-refractivity contribution in [2.24, 2.45) is 0 Å². The fourth-order valence-corrected chi connectivity index (χ4v) is 6.65. The summed E-state index contributed by atoms with van der Waals surface area (Å²) in [4.78, 5) is 25.3. The van der Waals surface area contributed by atoms with Gasteiger partial charge in [0, 0.05) is 12.8 Å². The van der Waals surface area contributed by atoms with Crippen molar-refractivity contribution in [2.45, 2.75) is 230 Å². The molecule has 0 unspecified atom stereocenters. The number of rotatable bonds is 36. The molecule has 1 aliphatic heterocycles. The van der Waals surface area contributed by atoms with Crippen LogP contribution in [0.4, 0.5) is 0 Å². The molecule has 10 nitrogen and oxygen atoms in total. The first-order valence-electron chi connectivity index (χ1n) is 21.8. The average Bonchev–Trinajstić information content (AvgIpc) is 3.15. The fraction of sp³-hybridized carbons (Fsp3) is 0.907. The fourth-order valence-electron chi connectivity index (χ4n) is 6.65. The van der Waals surface area contributed by atoms with Crippen molar-refractivity contribution in [2.75, 3.05) is 19.8 Å². The minimum absolute atomic E-state index is 0.217. The van der Waals surface area contributed by atoms with Gasteiger partial charge >= 0.3 is 11.9 Å². The number of hydrogen-bond donors (Lipinski definition) is 4. The number of aliphatic hydroxyl groups is 4. The molecule has 0 spiro atoms. The standard InChI is InChI=1S/C43H80O10/c1-3-5-7-9-11-13-15-17-18-20-21-23-25-27-29-31-38(45)50-34-36(35-51-43-42(49)41(48)40(47)37(33-44)53-43)52-39(46)32-30-28-26-24-22-19-16-14-12-10-8-6-4-2/h17-18,36-37,40-44,47-49H,3-16,19-35H2,1-2H3/b18-17+/t36-,37-,40+,41+,42-,43-/m1/s1. The third-order valence-corrected chi connectivity index (χ3v) is 10.2. The molecular formula is C43H80O10. The van der Waals surface area contributed by atoms with E-state index in [1.54, 1.807) is 0 Å². The highest BCUT2D eigenvalue weighted by Gasteiger charge is 2.44. The van der Waals surface area contributed by atoms with Gasteiger partial charge in [0.1, 0.15) is 31.0 Å². The van der Waals surface area contributed by atoms with Crippen LogP contribution in [0.2, 0.25) is 0 Å². The van der Waals surface area contributed by atoms with Crippen LogP contribution in [-0.4, -0.2) is 89.0 Å². The molecule has 0 aromatic rings. The molecule has 1 saturated heterocycles. The van der Waals surface area contributed by atoms with Crippen molar-refractivity contribution in [3.05, 3.63) is 12.2 Å². The van der Waals surface area contributed by atoms with E-state index >= 15 is 0 Å². The summed E-state index contributed by atoms with van der Waals surface area (Å²) in [5, 5.41) is 40.0. The Morgan fingerprint density at radius 3 is 1.47 bits per heavy atom. The van der Waals surface area contributed by atoms with Crippen LogP contribution in [0, 0.1) is 0 Å². The molecule has 4 N–H and O–H groups in total. The van der Waals surface area contributed by atoms with Gasteiger partial charge in [-0.3, -0.25) is 9.59 Å². The largest absolute Gasteiger partial charge is 0.462 e. The van der Waals surface area contributed by atoms with Gasteiger partial charge in [0.05, 0.1) is 13.2 Å². The molecule has 1 heterocycles. The van der Waals surface area contributed by atoms with E-state index in [1.165, 1.54) is 103 Å². The van der Waals surface area contributed by atoms with E-state index in [0.717, 1.165) is 57.8 Å². The number of allylic oxidation sites excluding steroid dienone is 2. The quantitative estimate of drug-likeness (QED) is 0.0277. The number of carbonyl (C=O) groups excluding carboxylic acids is 2. The van der Waals surface area contributed by atoms with Crippen molar-refractivity contribution in [1.29, 1.82) is 0 Å². The first-order valence-corrected chi connectivity index (χ1v) is 21.8. The molecule has 0 aromatic heterocycles. The first-order chi connectivity index (χ1) is 25.8. The minimum atomic E-state index is -1.59. The molecule has 53 heavy (non-hydrogen) atoms. The topological polar surface area (TPSA) is 152 Å². The molecule has 312 valence electrons. The third-order valence-electron chi connectivity index (χ3n) is 10.2. The van der Waals surface area contributed by atoms with E-state index < -0.39 is 49.4 Å². The second kappa shape index (κ2) is 34.9. The Labute approximate surface area is 322 Å². The number of aliphatic hydroxyl groups excluding tert-OH is 4. The molecule has 0 aromatic carbocycles. The van der Waals surface area contributed by atoms with Crippen molar-refractivity contribution < 1.29 is 49.0 Å². The normalized spacial score (nSPS) is 20.9. The van der Waals surface area contributed by atoms with E-state index in [9.17, 15) is 30.0 Å². The zero-order chi connectivity index (χ0) is 38.8. The van der Waals surface area contributed by atoms with Gasteiger partial charge in [-0.25, -0.2) is 0 Å². The van der Waals surface area contributed by atoms with E-state index in [0.29, 0.717) is 6.42 Å². The van der Waals surface area contributed by atoms with Gasteiger partial charge < -0.3 is 39.4 Å². The molecule has 1 rings (SSSR count). The number of ether oxygens (including phenoxy) is 4. The molecule has 0 radical (unpaired) electrons. The first kappa shape index (κ1) is 49.5. The zero-order valence-corrected chi connectivity index (χ0v) is 33.8. The summed E-state index contributed by atoms with van der Waals surface area (Å²) in [6.07, 6.45) is 27.9. The Morgan fingerprint density at radius 1 is 0.566 bits per heavy atom. The molecule has 1 fully saturated rings. The van der Waals surface area contributed by atoms with Crippen LogP contribution >= 0.6 is 0 Å². The molecule has 0 aliphatic carbocycles. The Morgan fingerprint density at radius 2 is 1.00 bits per heavy atom. The average molecular weight is 757 g/mol. The Bertz CT molecular complexity index is 881. The molecular weight excluding hydrogens is 676 g/mol. The van der Waals surface area contributed by atoms with Gasteiger partial charge in [0.25, 0.3) is 0 Å². The van der Waals surface area contributed by atoms with Gasteiger partial charge in [-0.05, 0) is 38.5 Å². The molecule has 0 amide bonds. The molecule has 1 aliphatic rings. The smallest absolute Gasteiger partial charge is 0.306 e. The van der Waals surface area contributed by atoms with Crippen molar-refractivity contribution in [1.82, 2.24) is 0 Å². The number of esters is 2. The third kappa shape index (κ3) is 26.8. The van der Waals surface area contributed by atoms with Crippen LogP contribution in [0.15, 0.2) is 12.2 Å². The van der Waals surface area contributed by atoms with E-state index in [2.05, 4.69) is 26.0 Å². The molecule has 6 atom stereocenters. The number of hydrogen-bond acceptors (Lipinski definition) is 10. The summed E-state index contributed by atoms with van der Waals surface area (Å²) >= 11 is 0. The van der Waals surface area contributed by atoms with Crippen molar-refractivity contribution in [3.8, 4) is 0 Å². The highest BCUT2D eigenvalue weighted by molar-refractivity contribution is 5.70. The maximum atomic E-state index is 12.7. The summed E-state index contributed by atoms with van der Waals surface area (Å²) in [5.74, 6) is -0.809. The van der Waals surface area contributed by atoms with Gasteiger partial charge in [0.2, 0.25) is 0 Å². The molecule has 0 saturated carbocycles. The maximum Gasteiger partial charge on any atom is 0.306 e. The van der Waals surface area contributed by atoms with E-state index in [-0.39, 0.29) is 32.0 Å². The summed E-state index contributed by atoms with van der Waals surface area (Å²) in [7, 11) is 0. The van der Waals surface area contributed by atoms with Crippen molar-refractivity contribution >= 4 is 11.9 Å². The Balaban J connectivity index is 2.34. The second-order valence-corrected chi connectivity index (χ2v) is 15.2. The zero-order valence-electron chi connectivity index (χ0n) is 33.8. The lowest BCUT2D eigenvalue weighted by atomic mass is 9.99. The minimum Gasteiger partial charge on any atom is -0.462 e. The SMILES string of the molecule is CCCCCCCC/C=C/CCCCCCCC(=O)OC[C@H](CO[C@@H]1O[C@H](CO)[C@H](O)[C@H](O)[C@H]1O)OC(=O)CCCCCCCCCCCCCCC. The molecule has 10 heteroatoms. The number of carbonyl (C=O) groups is 2. The van der Waals surface area contributed by atoms with Crippen LogP contribution in [0.5, 0.6) is 0 Å². The molecule has 0 bridgehead atoms. The predicted molar refractivity (Wildman–Crippen MR) is 210 cm³/mol. The number of unbranched alkanes of at least 4 members (excludes halogenated alkanes) is 23. The lowest BCUT2D eigenvalue weighted by Gasteiger charge is -2.39. The maximum absolute atomic E-state index is 12.7. The summed E-state index contributed by atoms with van der Waals surface area (Å²) < 4.78 is 22.1. The van der Waals surface area contributed by atoms with Crippen LogP contribution in [0.25, 0.3) is 0 Å².